The lowest BCUT2D eigenvalue weighted by atomic mass is 9.73. The third-order valence-electron chi connectivity index (χ3n) is 9.04. The Hall–Kier alpha value is -4.46. The van der Waals surface area contributed by atoms with Crippen molar-refractivity contribution in [3.8, 4) is 0 Å². The average molecular weight is 579 g/mol. The largest absolute Gasteiger partial charge is 0.357 e. The SMILES string of the molecule is CC1(C)CC(=O)C2=C(C1)Nc1ccccc1N(CC(=O)N1CCC(Cc3ccccc3)CC1)C2c1cccc([N+](=O)[O-])c1. The Morgan fingerprint density at radius 1 is 0.977 bits per heavy atom. The third kappa shape index (κ3) is 6.05. The monoisotopic (exact) mass is 578 g/mol. The molecule has 0 saturated carbocycles. The van der Waals surface area contributed by atoms with Gasteiger partial charge in [0.15, 0.2) is 5.78 Å². The van der Waals surface area contributed by atoms with Crippen LogP contribution in [0.2, 0.25) is 0 Å². The third-order valence-corrected chi connectivity index (χ3v) is 9.04. The molecule has 43 heavy (non-hydrogen) atoms. The Labute approximate surface area is 252 Å². The number of benzene rings is 3. The summed E-state index contributed by atoms with van der Waals surface area (Å²) in [7, 11) is 0. The fraction of sp³-hybridized carbons (Fsp3) is 0.371. The topological polar surface area (TPSA) is 95.8 Å². The molecule has 1 N–H and O–H groups in total. The highest BCUT2D eigenvalue weighted by Crippen LogP contribution is 2.48. The summed E-state index contributed by atoms with van der Waals surface area (Å²) >= 11 is 0. The predicted molar refractivity (Wildman–Crippen MR) is 168 cm³/mol. The van der Waals surface area contributed by atoms with E-state index in [0.29, 0.717) is 43.0 Å². The number of amides is 1. The number of piperidine rings is 1. The van der Waals surface area contributed by atoms with Crippen LogP contribution >= 0.6 is 0 Å². The molecular formula is C35H38N4O4. The number of hydrogen-bond donors (Lipinski definition) is 1. The van der Waals surface area contributed by atoms with E-state index < -0.39 is 11.0 Å². The fourth-order valence-electron chi connectivity index (χ4n) is 6.96. The highest BCUT2D eigenvalue weighted by Gasteiger charge is 2.42. The summed E-state index contributed by atoms with van der Waals surface area (Å²) in [5.41, 5.74) is 4.70. The van der Waals surface area contributed by atoms with Gasteiger partial charge in [0.25, 0.3) is 5.69 Å². The average Bonchev–Trinajstić information content (AvgIpc) is 3.12. The number of carbonyl (C=O) groups is 2. The van der Waals surface area contributed by atoms with Crippen LogP contribution in [0.3, 0.4) is 0 Å². The fourth-order valence-corrected chi connectivity index (χ4v) is 6.96. The molecule has 1 saturated heterocycles. The van der Waals surface area contributed by atoms with Gasteiger partial charge in [-0.2, -0.15) is 0 Å². The van der Waals surface area contributed by atoms with Gasteiger partial charge in [-0.05, 0) is 60.3 Å². The van der Waals surface area contributed by atoms with Crippen LogP contribution in [0, 0.1) is 21.4 Å². The van der Waals surface area contributed by atoms with Gasteiger partial charge in [0.1, 0.15) is 0 Å². The zero-order valence-electron chi connectivity index (χ0n) is 24.8. The second-order valence-corrected chi connectivity index (χ2v) is 12.9. The Morgan fingerprint density at radius 3 is 2.44 bits per heavy atom. The second kappa shape index (κ2) is 11.7. The van der Waals surface area contributed by atoms with E-state index in [-0.39, 0.29) is 29.3 Å². The first-order valence-corrected chi connectivity index (χ1v) is 15.1. The van der Waals surface area contributed by atoms with E-state index in [9.17, 15) is 19.7 Å². The molecule has 1 atom stereocenters. The van der Waals surface area contributed by atoms with Gasteiger partial charge in [-0.15, -0.1) is 0 Å². The molecular weight excluding hydrogens is 540 g/mol. The second-order valence-electron chi connectivity index (χ2n) is 12.9. The van der Waals surface area contributed by atoms with Crippen molar-refractivity contribution in [2.75, 3.05) is 29.9 Å². The summed E-state index contributed by atoms with van der Waals surface area (Å²) in [6.45, 7) is 5.60. The highest BCUT2D eigenvalue weighted by atomic mass is 16.6. The zero-order valence-corrected chi connectivity index (χ0v) is 24.8. The maximum Gasteiger partial charge on any atom is 0.269 e. The van der Waals surface area contributed by atoms with Crippen molar-refractivity contribution in [1.29, 1.82) is 0 Å². The number of anilines is 2. The van der Waals surface area contributed by atoms with Crippen LogP contribution in [-0.2, 0) is 16.0 Å². The van der Waals surface area contributed by atoms with Crippen molar-refractivity contribution >= 4 is 28.8 Å². The number of Topliss-reactive ketones (excluding diaryl/α,β-unsaturated/α-hetero) is 1. The molecule has 1 aliphatic carbocycles. The predicted octanol–water partition coefficient (Wildman–Crippen LogP) is 6.69. The van der Waals surface area contributed by atoms with Crippen LogP contribution in [-0.4, -0.2) is 41.1 Å². The number of allylic oxidation sites excluding steroid dienone is 1. The number of fused-ring (bicyclic) bond motifs is 1. The number of likely N-dealkylation sites (tertiary alicyclic amines) is 1. The van der Waals surface area contributed by atoms with Gasteiger partial charge in [-0.1, -0.05) is 68.4 Å². The van der Waals surface area contributed by atoms with Crippen LogP contribution in [0.15, 0.2) is 90.1 Å². The van der Waals surface area contributed by atoms with Crippen molar-refractivity contribution in [3.63, 3.8) is 0 Å². The van der Waals surface area contributed by atoms with Gasteiger partial charge < -0.3 is 15.1 Å². The molecule has 0 bridgehead atoms. The van der Waals surface area contributed by atoms with Crippen LogP contribution < -0.4 is 10.2 Å². The first-order chi connectivity index (χ1) is 20.7. The molecule has 1 amide bonds. The van der Waals surface area contributed by atoms with Gasteiger partial charge in [0.05, 0.1) is 28.9 Å². The molecule has 0 spiro atoms. The first-order valence-electron chi connectivity index (χ1n) is 15.1. The Kier molecular flexibility index (Phi) is 7.77. The van der Waals surface area contributed by atoms with E-state index in [1.165, 1.54) is 11.6 Å². The molecule has 2 aliphatic heterocycles. The summed E-state index contributed by atoms with van der Waals surface area (Å²) in [5, 5.41) is 15.3. The minimum Gasteiger partial charge on any atom is -0.357 e. The normalized spacial score (nSPS) is 20.1. The Bertz CT molecular complexity index is 1570. The molecule has 8 heteroatoms. The molecule has 0 radical (unpaired) electrons. The van der Waals surface area contributed by atoms with Crippen LogP contribution in [0.1, 0.15) is 56.7 Å². The number of ketones is 1. The van der Waals surface area contributed by atoms with Gasteiger partial charge in [-0.25, -0.2) is 0 Å². The van der Waals surface area contributed by atoms with Crippen molar-refractivity contribution in [3.05, 3.63) is 111 Å². The van der Waals surface area contributed by atoms with Crippen LogP contribution in [0.5, 0.6) is 0 Å². The van der Waals surface area contributed by atoms with E-state index in [1.807, 2.05) is 46.2 Å². The maximum atomic E-state index is 14.0. The van der Waals surface area contributed by atoms with E-state index in [2.05, 4.69) is 43.4 Å². The van der Waals surface area contributed by atoms with Crippen molar-refractivity contribution in [1.82, 2.24) is 4.90 Å². The molecule has 1 unspecified atom stereocenters. The summed E-state index contributed by atoms with van der Waals surface area (Å²) in [5.74, 6) is 0.529. The van der Waals surface area contributed by atoms with Crippen molar-refractivity contribution in [2.45, 2.75) is 52.0 Å². The number of non-ortho nitro benzene ring substituents is 1. The van der Waals surface area contributed by atoms with Gasteiger partial charge >= 0.3 is 0 Å². The molecule has 222 valence electrons. The highest BCUT2D eigenvalue weighted by molar-refractivity contribution is 6.02. The van der Waals surface area contributed by atoms with Crippen LogP contribution in [0.4, 0.5) is 17.1 Å². The van der Waals surface area contributed by atoms with E-state index in [1.54, 1.807) is 12.1 Å². The van der Waals surface area contributed by atoms with Gasteiger partial charge in [0.2, 0.25) is 5.91 Å². The molecule has 8 nitrogen and oxygen atoms in total. The van der Waals surface area contributed by atoms with Crippen molar-refractivity contribution in [2.24, 2.45) is 11.3 Å². The molecule has 2 heterocycles. The lowest BCUT2D eigenvalue weighted by molar-refractivity contribution is -0.384. The number of hydrogen-bond acceptors (Lipinski definition) is 6. The molecule has 6 rings (SSSR count). The summed E-state index contributed by atoms with van der Waals surface area (Å²) in [4.78, 5) is 43.2. The minimum absolute atomic E-state index is 0.00207. The standard InChI is InChI=1S/C35H38N4O4/c1-35(2)21-29-33(31(40)22-35)34(26-11-8-12-27(20-26)39(42)43)38(30-14-7-6-13-28(30)36-29)23-32(41)37-17-15-25(16-18-37)19-24-9-4-3-5-10-24/h3-14,20,25,34,36H,15-19,21-23H2,1-2H3. The molecule has 3 aliphatic rings. The summed E-state index contributed by atoms with van der Waals surface area (Å²) < 4.78 is 0. The molecule has 1 fully saturated rings. The smallest absolute Gasteiger partial charge is 0.269 e. The number of nitro benzene ring substituents is 1. The maximum absolute atomic E-state index is 14.0. The number of carbonyl (C=O) groups excluding carboxylic acids is 2. The molecule has 0 aromatic heterocycles. The summed E-state index contributed by atoms with van der Waals surface area (Å²) in [6, 6.07) is 24.1. The number of nitro groups is 1. The quantitative estimate of drug-likeness (QED) is 0.259. The zero-order chi connectivity index (χ0) is 30.1. The lowest BCUT2D eigenvalue weighted by Crippen LogP contribution is -2.46. The van der Waals surface area contributed by atoms with Gasteiger partial charge in [0, 0.05) is 42.9 Å². The molecule has 3 aromatic carbocycles. The number of para-hydroxylation sites is 2. The van der Waals surface area contributed by atoms with E-state index in [4.69, 9.17) is 0 Å². The lowest BCUT2D eigenvalue weighted by Gasteiger charge is -2.39. The van der Waals surface area contributed by atoms with Crippen molar-refractivity contribution < 1.29 is 14.5 Å². The minimum atomic E-state index is -0.644. The molecule has 3 aromatic rings. The van der Waals surface area contributed by atoms with Crippen LogP contribution in [0.25, 0.3) is 0 Å². The summed E-state index contributed by atoms with van der Waals surface area (Å²) in [6.07, 6.45) is 3.92. The number of nitrogens with one attached hydrogen (secondary N) is 1. The van der Waals surface area contributed by atoms with Gasteiger partial charge in [-0.3, -0.25) is 19.7 Å². The Balaban J connectivity index is 1.34. The first kappa shape index (κ1) is 28.6. The Morgan fingerprint density at radius 2 is 1.70 bits per heavy atom. The number of nitrogens with zero attached hydrogens (tertiary/aromatic N) is 3. The van der Waals surface area contributed by atoms with E-state index >= 15 is 0 Å². The number of rotatable bonds is 6. The van der Waals surface area contributed by atoms with E-state index in [0.717, 1.165) is 36.3 Å².